The van der Waals surface area contributed by atoms with Crippen LogP contribution in [-0.2, 0) is 4.74 Å². The average molecular weight is 460 g/mol. The molecule has 3 aromatic rings. The van der Waals surface area contributed by atoms with E-state index in [0.717, 1.165) is 5.56 Å². The molecule has 1 fully saturated rings. The Morgan fingerprint density at radius 2 is 2.22 bits per heavy atom. The van der Waals surface area contributed by atoms with E-state index in [1.165, 1.54) is 7.11 Å². The summed E-state index contributed by atoms with van der Waals surface area (Å²) in [5.74, 6) is 0.188. The third-order valence-electron chi connectivity index (χ3n) is 5.55. The molecule has 0 radical (unpaired) electrons. The van der Waals surface area contributed by atoms with Crippen LogP contribution in [0.15, 0.2) is 40.8 Å². The number of aliphatic hydroxyl groups excluding tert-OH is 1. The molecule has 8 nitrogen and oxygen atoms in total. The normalized spacial score (nSPS) is 19.7. The Bertz CT molecular complexity index is 1120. The van der Waals surface area contributed by atoms with Crippen LogP contribution in [0.3, 0.4) is 0 Å². The molecule has 2 aromatic carbocycles. The fraction of sp³-hybridized carbons (Fsp3) is 0.391. The zero-order valence-corrected chi connectivity index (χ0v) is 18.9. The lowest BCUT2D eigenvalue weighted by Crippen LogP contribution is -2.53. The number of anilines is 1. The molecule has 9 heteroatoms. The van der Waals surface area contributed by atoms with Crippen molar-refractivity contribution < 1.29 is 23.8 Å². The van der Waals surface area contributed by atoms with Gasteiger partial charge in [-0.15, -0.1) is 0 Å². The minimum Gasteiger partial charge on any atom is -0.493 e. The van der Waals surface area contributed by atoms with Crippen molar-refractivity contribution in [3.8, 4) is 5.75 Å². The molecule has 0 saturated carbocycles. The summed E-state index contributed by atoms with van der Waals surface area (Å²) >= 11 is 6.09. The monoisotopic (exact) mass is 459 g/mol. The SMILES string of the molecule is COc1cc(C(=O)N2CC(C)OCC2CO)cc2nc(N[C@H](C)c3cccc(Cl)c3)oc12. The second-order valence-electron chi connectivity index (χ2n) is 7.90. The lowest BCUT2D eigenvalue weighted by molar-refractivity contribution is -0.0564. The number of oxazole rings is 1. The lowest BCUT2D eigenvalue weighted by Gasteiger charge is -2.37. The molecule has 0 bridgehead atoms. The lowest BCUT2D eigenvalue weighted by atomic mass is 10.1. The van der Waals surface area contributed by atoms with Crippen LogP contribution in [0.2, 0.25) is 5.02 Å². The Labute approximate surface area is 191 Å². The number of halogens is 1. The summed E-state index contributed by atoms with van der Waals surface area (Å²) in [6.45, 7) is 4.39. The first kappa shape index (κ1) is 22.4. The number of aliphatic hydroxyl groups is 1. The van der Waals surface area contributed by atoms with Crippen molar-refractivity contribution in [2.24, 2.45) is 0 Å². The first-order chi connectivity index (χ1) is 15.4. The van der Waals surface area contributed by atoms with E-state index in [0.29, 0.717) is 46.6 Å². The van der Waals surface area contributed by atoms with Crippen molar-refractivity contribution in [3.05, 3.63) is 52.5 Å². The van der Waals surface area contributed by atoms with Crippen LogP contribution in [0.25, 0.3) is 11.1 Å². The molecule has 32 heavy (non-hydrogen) atoms. The Morgan fingerprint density at radius 1 is 1.41 bits per heavy atom. The fourth-order valence-electron chi connectivity index (χ4n) is 3.79. The highest BCUT2D eigenvalue weighted by Crippen LogP contribution is 2.32. The molecule has 1 aromatic heterocycles. The summed E-state index contributed by atoms with van der Waals surface area (Å²) in [5, 5.41) is 13.5. The predicted octanol–water partition coefficient (Wildman–Crippen LogP) is 3.88. The van der Waals surface area contributed by atoms with Gasteiger partial charge in [0.2, 0.25) is 0 Å². The van der Waals surface area contributed by atoms with Gasteiger partial charge in [-0.25, -0.2) is 0 Å². The van der Waals surface area contributed by atoms with E-state index in [4.69, 9.17) is 25.5 Å². The van der Waals surface area contributed by atoms with Gasteiger partial charge in [-0.2, -0.15) is 4.98 Å². The molecule has 1 aliphatic rings. The molecule has 1 saturated heterocycles. The number of carbonyl (C=O) groups is 1. The van der Waals surface area contributed by atoms with Crippen molar-refractivity contribution in [1.29, 1.82) is 0 Å². The Kier molecular flexibility index (Phi) is 6.55. The zero-order valence-electron chi connectivity index (χ0n) is 18.2. The fourth-order valence-corrected chi connectivity index (χ4v) is 3.99. The van der Waals surface area contributed by atoms with Gasteiger partial charge in [-0.1, -0.05) is 23.7 Å². The average Bonchev–Trinajstić information content (AvgIpc) is 3.20. The van der Waals surface area contributed by atoms with Gasteiger partial charge < -0.3 is 29.2 Å². The van der Waals surface area contributed by atoms with Crippen LogP contribution >= 0.6 is 11.6 Å². The summed E-state index contributed by atoms with van der Waals surface area (Å²) in [4.78, 5) is 19.4. The number of nitrogens with one attached hydrogen (secondary N) is 1. The molecule has 170 valence electrons. The second-order valence-corrected chi connectivity index (χ2v) is 8.34. The number of methoxy groups -OCH3 is 1. The van der Waals surface area contributed by atoms with Crippen LogP contribution in [-0.4, -0.2) is 59.9 Å². The molecule has 2 heterocycles. The number of hydrogen-bond donors (Lipinski definition) is 2. The Balaban J connectivity index is 1.63. The van der Waals surface area contributed by atoms with Crippen molar-refractivity contribution in [2.45, 2.75) is 32.0 Å². The highest BCUT2D eigenvalue weighted by atomic mass is 35.5. The number of amides is 1. The topological polar surface area (TPSA) is 97.1 Å². The maximum absolute atomic E-state index is 13.2. The molecule has 0 spiro atoms. The number of hydrogen-bond acceptors (Lipinski definition) is 7. The maximum atomic E-state index is 13.2. The second kappa shape index (κ2) is 9.36. The van der Waals surface area contributed by atoms with Crippen LogP contribution in [0.5, 0.6) is 5.75 Å². The zero-order chi connectivity index (χ0) is 22.8. The van der Waals surface area contributed by atoms with Gasteiger partial charge in [-0.05, 0) is 43.7 Å². The maximum Gasteiger partial charge on any atom is 0.296 e. The molecule has 0 aliphatic carbocycles. The van der Waals surface area contributed by atoms with Gasteiger partial charge in [-0.3, -0.25) is 4.79 Å². The van der Waals surface area contributed by atoms with E-state index in [1.54, 1.807) is 17.0 Å². The first-order valence-electron chi connectivity index (χ1n) is 10.4. The number of morpholine rings is 1. The highest BCUT2D eigenvalue weighted by molar-refractivity contribution is 6.30. The molecular formula is C23H26ClN3O5. The van der Waals surface area contributed by atoms with Crippen LogP contribution in [0.4, 0.5) is 6.01 Å². The number of nitrogens with zero attached hydrogens (tertiary/aromatic N) is 2. The van der Waals surface area contributed by atoms with Gasteiger partial charge >= 0.3 is 0 Å². The van der Waals surface area contributed by atoms with E-state index in [1.807, 2.05) is 38.1 Å². The van der Waals surface area contributed by atoms with E-state index in [-0.39, 0.29) is 24.7 Å². The summed E-state index contributed by atoms with van der Waals surface area (Å²) in [6, 6.07) is 10.7. The Morgan fingerprint density at radius 3 is 2.94 bits per heavy atom. The van der Waals surface area contributed by atoms with E-state index in [2.05, 4.69) is 10.3 Å². The third-order valence-corrected chi connectivity index (χ3v) is 5.79. The molecule has 4 rings (SSSR count). The molecule has 2 N–H and O–H groups in total. The molecule has 1 amide bonds. The van der Waals surface area contributed by atoms with Gasteiger partial charge in [0.1, 0.15) is 5.52 Å². The highest BCUT2D eigenvalue weighted by Gasteiger charge is 2.31. The minimum atomic E-state index is -0.395. The number of rotatable bonds is 6. The molecular weight excluding hydrogens is 434 g/mol. The molecule has 2 unspecified atom stereocenters. The number of fused-ring (bicyclic) bond motifs is 1. The number of aromatic nitrogens is 1. The molecule has 1 aliphatic heterocycles. The van der Waals surface area contributed by atoms with Crippen LogP contribution in [0, 0.1) is 0 Å². The van der Waals surface area contributed by atoms with Gasteiger partial charge in [0, 0.05) is 17.1 Å². The predicted molar refractivity (Wildman–Crippen MR) is 121 cm³/mol. The first-order valence-corrected chi connectivity index (χ1v) is 10.8. The minimum absolute atomic E-state index is 0.103. The van der Waals surface area contributed by atoms with Crippen LogP contribution < -0.4 is 10.1 Å². The van der Waals surface area contributed by atoms with Gasteiger partial charge in [0.15, 0.2) is 11.3 Å². The van der Waals surface area contributed by atoms with Crippen molar-refractivity contribution in [1.82, 2.24) is 9.88 Å². The summed E-state index contributed by atoms with van der Waals surface area (Å²) in [7, 11) is 1.51. The van der Waals surface area contributed by atoms with E-state index < -0.39 is 6.04 Å². The number of carbonyl (C=O) groups excluding carboxylic acids is 1. The van der Waals surface area contributed by atoms with Crippen molar-refractivity contribution in [2.75, 3.05) is 32.2 Å². The quantitative estimate of drug-likeness (QED) is 0.577. The van der Waals surface area contributed by atoms with Gasteiger partial charge in [0.25, 0.3) is 11.9 Å². The van der Waals surface area contributed by atoms with E-state index >= 15 is 0 Å². The van der Waals surface area contributed by atoms with Crippen molar-refractivity contribution >= 4 is 34.6 Å². The summed E-state index contributed by atoms with van der Waals surface area (Å²) in [6.07, 6.45) is -0.108. The Hall–Kier alpha value is -2.81. The van der Waals surface area contributed by atoms with E-state index in [9.17, 15) is 9.90 Å². The van der Waals surface area contributed by atoms with Crippen molar-refractivity contribution in [3.63, 3.8) is 0 Å². The van der Waals surface area contributed by atoms with Crippen LogP contribution in [0.1, 0.15) is 35.8 Å². The third kappa shape index (κ3) is 4.53. The largest absolute Gasteiger partial charge is 0.493 e. The summed E-state index contributed by atoms with van der Waals surface area (Å²) < 4.78 is 16.9. The number of ether oxygens (including phenoxy) is 2. The smallest absolute Gasteiger partial charge is 0.296 e. The number of benzene rings is 2. The standard InChI is InChI=1S/C23H26ClN3O5/c1-13-10-27(18(11-28)12-31-13)22(29)16-8-19-21(20(9-16)30-3)32-23(26-19)25-14(2)15-5-4-6-17(24)7-15/h4-9,13-14,18,28H,10-12H2,1-3H3,(H,25,26)/t13?,14-,18?/m1/s1. The summed E-state index contributed by atoms with van der Waals surface area (Å²) in [5.41, 5.74) is 2.33. The van der Waals surface area contributed by atoms with Gasteiger partial charge in [0.05, 0.1) is 38.5 Å². The molecule has 3 atom stereocenters.